The molecular formula is C17H23N5O3. The van der Waals surface area contributed by atoms with E-state index in [0.29, 0.717) is 5.92 Å². The molecule has 1 heterocycles. The summed E-state index contributed by atoms with van der Waals surface area (Å²) in [6, 6.07) is 8.05. The summed E-state index contributed by atoms with van der Waals surface area (Å²) in [6.07, 6.45) is 1.18. The lowest BCUT2D eigenvalue weighted by molar-refractivity contribution is -0.394. The van der Waals surface area contributed by atoms with Gasteiger partial charge in [0.05, 0.1) is 6.04 Å². The van der Waals surface area contributed by atoms with Gasteiger partial charge in [-0.2, -0.15) is 4.68 Å². The summed E-state index contributed by atoms with van der Waals surface area (Å²) in [5.74, 6) is -0.146. The topological polar surface area (TPSA) is 103 Å². The van der Waals surface area contributed by atoms with Gasteiger partial charge in [0.1, 0.15) is 6.54 Å². The Morgan fingerprint density at radius 2 is 1.80 bits per heavy atom. The van der Waals surface area contributed by atoms with Crippen molar-refractivity contribution < 1.29 is 9.72 Å². The molecule has 1 amide bonds. The van der Waals surface area contributed by atoms with Gasteiger partial charge in [0, 0.05) is 5.10 Å². The number of hydrogen-bond donors (Lipinski definition) is 1. The second kappa shape index (κ2) is 7.87. The molecule has 2 aromatic rings. The fraction of sp³-hybridized carbons (Fsp3) is 0.471. The Kier molecular flexibility index (Phi) is 5.84. The highest BCUT2D eigenvalue weighted by Gasteiger charge is 2.21. The van der Waals surface area contributed by atoms with Crippen molar-refractivity contribution in [2.45, 2.75) is 46.2 Å². The Morgan fingerprint density at radius 1 is 1.20 bits per heavy atom. The maximum atomic E-state index is 12.3. The van der Waals surface area contributed by atoms with Crippen molar-refractivity contribution in [1.29, 1.82) is 0 Å². The standard InChI is InChI=1S/C17H23N5O3/c1-11(2)13-5-7-14(8-6-13)16(12(3)4)19-15(23)9-21-10-18-17(20-21)22(24)25/h5-8,10-12,16H,9H2,1-4H3,(H,19,23). The average Bonchev–Trinajstić information content (AvgIpc) is 3.01. The Morgan fingerprint density at radius 3 is 2.28 bits per heavy atom. The lowest BCUT2D eigenvalue weighted by atomic mass is 9.93. The van der Waals surface area contributed by atoms with Gasteiger partial charge in [-0.05, 0) is 27.9 Å². The minimum Gasteiger partial charge on any atom is -0.390 e. The molecule has 25 heavy (non-hydrogen) atoms. The number of nitro groups is 1. The van der Waals surface area contributed by atoms with Crippen molar-refractivity contribution in [2.75, 3.05) is 0 Å². The van der Waals surface area contributed by atoms with Crippen LogP contribution in [0.25, 0.3) is 0 Å². The quantitative estimate of drug-likeness (QED) is 0.614. The SMILES string of the molecule is CC(C)c1ccc(C(NC(=O)Cn2cnc([N+](=O)[O-])n2)C(C)C)cc1. The molecule has 1 aromatic carbocycles. The number of hydrogen-bond acceptors (Lipinski definition) is 5. The number of rotatable bonds is 7. The van der Waals surface area contributed by atoms with E-state index < -0.39 is 10.9 Å². The van der Waals surface area contributed by atoms with Gasteiger partial charge in [-0.15, -0.1) is 0 Å². The summed E-state index contributed by atoms with van der Waals surface area (Å²) in [6.45, 7) is 8.21. The van der Waals surface area contributed by atoms with Crippen molar-refractivity contribution in [1.82, 2.24) is 20.1 Å². The van der Waals surface area contributed by atoms with Crippen molar-refractivity contribution >= 4 is 11.9 Å². The van der Waals surface area contributed by atoms with Crippen LogP contribution in [0.3, 0.4) is 0 Å². The minimum atomic E-state index is -0.693. The number of amides is 1. The molecule has 1 unspecified atom stereocenters. The highest BCUT2D eigenvalue weighted by atomic mass is 16.6. The number of nitrogens with zero attached hydrogens (tertiary/aromatic N) is 4. The third-order valence-electron chi connectivity index (χ3n) is 3.94. The molecule has 1 N–H and O–H groups in total. The highest BCUT2D eigenvalue weighted by Crippen LogP contribution is 2.24. The normalized spacial score (nSPS) is 12.4. The third kappa shape index (κ3) is 4.85. The smallest absolute Gasteiger partial charge is 0.390 e. The third-order valence-corrected chi connectivity index (χ3v) is 3.94. The highest BCUT2D eigenvalue weighted by molar-refractivity contribution is 5.76. The molecule has 0 spiro atoms. The van der Waals surface area contributed by atoms with Gasteiger partial charge in [-0.1, -0.05) is 56.9 Å². The molecule has 2 rings (SSSR count). The first kappa shape index (κ1) is 18.6. The summed E-state index contributed by atoms with van der Waals surface area (Å²) in [5, 5.41) is 17.2. The van der Waals surface area contributed by atoms with Gasteiger partial charge in [-0.3, -0.25) is 4.79 Å². The van der Waals surface area contributed by atoms with E-state index in [0.717, 1.165) is 10.2 Å². The molecular weight excluding hydrogens is 322 g/mol. The van der Waals surface area contributed by atoms with Gasteiger partial charge in [0.2, 0.25) is 12.2 Å². The fourth-order valence-electron chi connectivity index (χ4n) is 2.53. The van der Waals surface area contributed by atoms with Crippen molar-refractivity contribution in [3.63, 3.8) is 0 Å². The van der Waals surface area contributed by atoms with Crippen molar-refractivity contribution in [2.24, 2.45) is 5.92 Å². The first-order valence-electron chi connectivity index (χ1n) is 8.21. The van der Waals surface area contributed by atoms with E-state index in [2.05, 4.69) is 41.4 Å². The molecule has 1 atom stereocenters. The molecule has 0 fully saturated rings. The maximum Gasteiger partial charge on any atom is 0.490 e. The molecule has 0 saturated carbocycles. The van der Waals surface area contributed by atoms with Gasteiger partial charge in [-0.25, -0.2) is 0 Å². The van der Waals surface area contributed by atoms with Crippen molar-refractivity contribution in [3.8, 4) is 0 Å². The Labute approximate surface area is 146 Å². The fourth-order valence-corrected chi connectivity index (χ4v) is 2.53. The summed E-state index contributed by atoms with van der Waals surface area (Å²) in [4.78, 5) is 25.7. The zero-order valence-electron chi connectivity index (χ0n) is 14.8. The second-order valence-electron chi connectivity index (χ2n) is 6.61. The zero-order chi connectivity index (χ0) is 18.6. The van der Waals surface area contributed by atoms with Crippen LogP contribution in [-0.4, -0.2) is 25.6 Å². The minimum absolute atomic E-state index is 0.117. The largest absolute Gasteiger partial charge is 0.490 e. The lowest BCUT2D eigenvalue weighted by Crippen LogP contribution is -2.34. The van der Waals surface area contributed by atoms with E-state index in [1.165, 1.54) is 11.9 Å². The number of nitrogens with one attached hydrogen (secondary N) is 1. The van der Waals surface area contributed by atoms with Gasteiger partial charge in [0.25, 0.3) is 0 Å². The van der Waals surface area contributed by atoms with E-state index in [1.807, 2.05) is 26.0 Å². The Balaban J connectivity index is 2.07. The summed E-state index contributed by atoms with van der Waals surface area (Å²) in [5.41, 5.74) is 2.27. The van der Waals surface area contributed by atoms with Crippen LogP contribution in [0.1, 0.15) is 50.8 Å². The number of carbonyl (C=O) groups excluding carboxylic acids is 1. The lowest BCUT2D eigenvalue weighted by Gasteiger charge is -2.23. The molecule has 134 valence electrons. The first-order valence-corrected chi connectivity index (χ1v) is 8.21. The monoisotopic (exact) mass is 345 g/mol. The summed E-state index contributed by atoms with van der Waals surface area (Å²) >= 11 is 0. The first-order chi connectivity index (χ1) is 11.8. The number of carbonyl (C=O) groups is 1. The maximum absolute atomic E-state index is 12.3. The molecule has 0 radical (unpaired) electrons. The molecule has 0 aliphatic heterocycles. The number of aromatic nitrogens is 3. The number of benzene rings is 1. The van der Waals surface area contributed by atoms with Crippen LogP contribution in [0.15, 0.2) is 30.6 Å². The van der Waals surface area contributed by atoms with E-state index in [-0.39, 0.29) is 24.4 Å². The van der Waals surface area contributed by atoms with E-state index >= 15 is 0 Å². The van der Waals surface area contributed by atoms with Gasteiger partial charge < -0.3 is 15.4 Å². The van der Waals surface area contributed by atoms with Crippen molar-refractivity contribution in [3.05, 3.63) is 51.8 Å². The van der Waals surface area contributed by atoms with Crippen LogP contribution in [0.4, 0.5) is 5.95 Å². The van der Waals surface area contributed by atoms with Crippen LogP contribution in [0.5, 0.6) is 0 Å². The van der Waals surface area contributed by atoms with Gasteiger partial charge >= 0.3 is 5.95 Å². The average molecular weight is 345 g/mol. The van der Waals surface area contributed by atoms with Crippen LogP contribution in [0.2, 0.25) is 0 Å². The molecule has 0 saturated heterocycles. The van der Waals surface area contributed by atoms with E-state index in [1.54, 1.807) is 0 Å². The van der Waals surface area contributed by atoms with E-state index in [9.17, 15) is 14.9 Å². The molecule has 0 bridgehead atoms. The van der Waals surface area contributed by atoms with Crippen LogP contribution in [-0.2, 0) is 11.3 Å². The summed E-state index contributed by atoms with van der Waals surface area (Å²) < 4.78 is 1.16. The predicted octanol–water partition coefficient (Wildman–Crippen LogP) is 2.82. The van der Waals surface area contributed by atoms with E-state index in [4.69, 9.17) is 0 Å². The molecule has 0 aliphatic rings. The molecule has 0 aliphatic carbocycles. The van der Waals surface area contributed by atoms with Crippen LogP contribution < -0.4 is 5.32 Å². The molecule has 8 heteroatoms. The Hall–Kier alpha value is -2.77. The summed E-state index contributed by atoms with van der Waals surface area (Å²) in [7, 11) is 0. The van der Waals surface area contributed by atoms with Gasteiger partial charge in [0.15, 0.2) is 0 Å². The van der Waals surface area contributed by atoms with Crippen LogP contribution >= 0.6 is 0 Å². The zero-order valence-corrected chi connectivity index (χ0v) is 14.8. The second-order valence-corrected chi connectivity index (χ2v) is 6.61. The molecule has 8 nitrogen and oxygen atoms in total. The molecule has 1 aromatic heterocycles. The Bertz CT molecular complexity index is 737. The predicted molar refractivity (Wildman–Crippen MR) is 92.9 cm³/mol. The van der Waals surface area contributed by atoms with Crippen LogP contribution in [0, 0.1) is 16.0 Å².